The number of rotatable bonds is 7. The van der Waals surface area contributed by atoms with E-state index in [1.54, 1.807) is 4.90 Å². The van der Waals surface area contributed by atoms with Gasteiger partial charge in [-0.3, -0.25) is 4.79 Å². The lowest BCUT2D eigenvalue weighted by molar-refractivity contribution is -0.134. The van der Waals surface area contributed by atoms with Gasteiger partial charge in [-0.15, -0.1) is 0 Å². The van der Waals surface area contributed by atoms with Crippen molar-refractivity contribution in [3.8, 4) is 5.75 Å². The molecule has 0 atom stereocenters. The fourth-order valence-corrected chi connectivity index (χ4v) is 3.67. The van der Waals surface area contributed by atoms with E-state index in [2.05, 4.69) is 11.6 Å². The van der Waals surface area contributed by atoms with Crippen molar-refractivity contribution in [2.45, 2.75) is 38.6 Å². The first kappa shape index (κ1) is 18.7. The van der Waals surface area contributed by atoms with Gasteiger partial charge in [0, 0.05) is 19.1 Å². The molecule has 1 saturated heterocycles. The third-order valence-electron chi connectivity index (χ3n) is 4.05. The zero-order chi connectivity index (χ0) is 17.6. The molecule has 0 spiro atoms. The molecule has 1 aromatic carbocycles. The minimum absolute atomic E-state index is 0.0112. The van der Waals surface area contributed by atoms with Gasteiger partial charge in [-0.1, -0.05) is 25.5 Å². The van der Waals surface area contributed by atoms with Crippen LogP contribution in [0.15, 0.2) is 24.3 Å². The maximum atomic E-state index is 12.2. The van der Waals surface area contributed by atoms with Gasteiger partial charge in [0.25, 0.3) is 5.91 Å². The van der Waals surface area contributed by atoms with E-state index in [1.807, 2.05) is 24.3 Å². The van der Waals surface area contributed by atoms with Gasteiger partial charge >= 0.3 is 0 Å². The highest BCUT2D eigenvalue weighted by molar-refractivity contribution is 7.88. The Morgan fingerprint density at radius 1 is 1.25 bits per heavy atom. The zero-order valence-electron chi connectivity index (χ0n) is 14.3. The summed E-state index contributed by atoms with van der Waals surface area (Å²) in [6, 6.07) is 7.73. The van der Waals surface area contributed by atoms with Gasteiger partial charge in [0.05, 0.1) is 6.26 Å². The molecule has 1 N–H and O–H groups in total. The molecule has 0 radical (unpaired) electrons. The fraction of sp³-hybridized carbons (Fsp3) is 0.588. The molecule has 1 amide bonds. The van der Waals surface area contributed by atoms with E-state index in [9.17, 15) is 13.2 Å². The molecule has 1 aliphatic heterocycles. The predicted octanol–water partition coefficient (Wildman–Crippen LogP) is 1.56. The topological polar surface area (TPSA) is 75.7 Å². The van der Waals surface area contributed by atoms with Gasteiger partial charge in [-0.05, 0) is 37.0 Å². The first-order valence-corrected chi connectivity index (χ1v) is 10.2. The number of hydrogen-bond donors (Lipinski definition) is 1. The molecule has 6 nitrogen and oxygen atoms in total. The van der Waals surface area contributed by atoms with Crippen molar-refractivity contribution in [3.63, 3.8) is 0 Å². The lowest BCUT2D eigenvalue weighted by Gasteiger charge is -2.31. The number of hydrogen-bond acceptors (Lipinski definition) is 4. The lowest BCUT2D eigenvalue weighted by atomic mass is 10.1. The molecule has 1 fully saturated rings. The molecule has 1 aromatic rings. The third-order valence-corrected chi connectivity index (χ3v) is 4.81. The van der Waals surface area contributed by atoms with Crippen LogP contribution in [0, 0.1) is 0 Å². The second-order valence-electron chi connectivity index (χ2n) is 6.23. The van der Waals surface area contributed by atoms with Gasteiger partial charge in [-0.25, -0.2) is 13.1 Å². The Bertz CT molecular complexity index is 635. The molecule has 0 bridgehead atoms. The quantitative estimate of drug-likeness (QED) is 0.806. The second kappa shape index (κ2) is 8.48. The summed E-state index contributed by atoms with van der Waals surface area (Å²) in [5.41, 5.74) is 1.26. The van der Waals surface area contributed by atoms with Gasteiger partial charge < -0.3 is 9.64 Å². The van der Waals surface area contributed by atoms with Crippen molar-refractivity contribution in [3.05, 3.63) is 29.8 Å². The van der Waals surface area contributed by atoms with Crippen LogP contribution in [0.2, 0.25) is 0 Å². The number of benzene rings is 1. The SMILES string of the molecule is CCCc1ccc(OCC(=O)N2CCC(NS(C)(=O)=O)CC2)cc1. The molecule has 1 aliphatic rings. The highest BCUT2D eigenvalue weighted by Crippen LogP contribution is 2.15. The van der Waals surface area contributed by atoms with Crippen LogP contribution in [0.3, 0.4) is 0 Å². The fourth-order valence-electron chi connectivity index (χ4n) is 2.83. The van der Waals surface area contributed by atoms with Gasteiger partial charge in [0.15, 0.2) is 6.61 Å². The number of ether oxygens (including phenoxy) is 1. The molecule has 0 aliphatic carbocycles. The van der Waals surface area contributed by atoms with Gasteiger partial charge in [-0.2, -0.15) is 0 Å². The average molecular weight is 354 g/mol. The van der Waals surface area contributed by atoms with Gasteiger partial charge in [0.2, 0.25) is 10.0 Å². The monoisotopic (exact) mass is 354 g/mol. The van der Waals surface area contributed by atoms with Crippen LogP contribution in [-0.2, 0) is 21.2 Å². The summed E-state index contributed by atoms with van der Waals surface area (Å²) < 4.78 is 30.6. The highest BCUT2D eigenvalue weighted by Gasteiger charge is 2.24. The minimum atomic E-state index is -3.19. The third kappa shape index (κ3) is 6.13. The van der Waals surface area contributed by atoms with Crippen molar-refractivity contribution in [2.75, 3.05) is 26.0 Å². The Balaban J connectivity index is 1.75. The standard InChI is InChI=1S/C17H26N2O4S/c1-3-4-14-5-7-16(8-6-14)23-13-17(20)19-11-9-15(10-12-19)18-24(2,21)22/h5-8,15,18H,3-4,9-13H2,1-2H3. The Kier molecular flexibility index (Phi) is 6.62. The van der Waals surface area contributed by atoms with E-state index in [0.717, 1.165) is 19.1 Å². The number of likely N-dealkylation sites (tertiary alicyclic amines) is 1. The molecular formula is C17H26N2O4S. The first-order chi connectivity index (χ1) is 11.4. The van der Waals surface area contributed by atoms with Gasteiger partial charge in [0.1, 0.15) is 5.75 Å². The summed E-state index contributed by atoms with van der Waals surface area (Å²) in [5, 5.41) is 0. The van der Waals surface area contributed by atoms with Crippen LogP contribution in [-0.4, -0.2) is 51.2 Å². The van der Waals surface area contributed by atoms with Crippen molar-refractivity contribution in [1.82, 2.24) is 9.62 Å². The van der Waals surface area contributed by atoms with E-state index in [1.165, 1.54) is 5.56 Å². The van der Waals surface area contributed by atoms with Crippen LogP contribution in [0.25, 0.3) is 0 Å². The zero-order valence-corrected chi connectivity index (χ0v) is 15.1. The number of aryl methyl sites for hydroxylation is 1. The first-order valence-electron chi connectivity index (χ1n) is 8.34. The smallest absolute Gasteiger partial charge is 0.260 e. The largest absolute Gasteiger partial charge is 0.484 e. The summed E-state index contributed by atoms with van der Waals surface area (Å²) >= 11 is 0. The molecule has 24 heavy (non-hydrogen) atoms. The number of carbonyl (C=O) groups excluding carboxylic acids is 1. The van der Waals surface area contributed by atoms with Crippen molar-refractivity contribution < 1.29 is 17.9 Å². The molecule has 0 aromatic heterocycles. The molecular weight excluding hydrogens is 328 g/mol. The highest BCUT2D eigenvalue weighted by atomic mass is 32.2. The molecule has 1 heterocycles. The maximum absolute atomic E-state index is 12.2. The number of nitrogens with one attached hydrogen (secondary N) is 1. The van der Waals surface area contributed by atoms with Crippen LogP contribution < -0.4 is 9.46 Å². The summed E-state index contributed by atoms with van der Waals surface area (Å²) in [5.74, 6) is 0.627. The number of sulfonamides is 1. The molecule has 134 valence electrons. The number of piperidine rings is 1. The van der Waals surface area contributed by atoms with E-state index in [0.29, 0.717) is 31.7 Å². The Morgan fingerprint density at radius 2 is 1.88 bits per heavy atom. The second-order valence-corrected chi connectivity index (χ2v) is 8.01. The van der Waals surface area contributed by atoms with Crippen LogP contribution >= 0.6 is 0 Å². The van der Waals surface area contributed by atoms with Crippen molar-refractivity contribution in [1.29, 1.82) is 0 Å². The molecule has 7 heteroatoms. The average Bonchev–Trinajstić information content (AvgIpc) is 2.53. The molecule has 0 saturated carbocycles. The number of nitrogens with zero attached hydrogens (tertiary/aromatic N) is 1. The van der Waals surface area contributed by atoms with Crippen molar-refractivity contribution >= 4 is 15.9 Å². The summed E-state index contributed by atoms with van der Waals surface area (Å²) in [4.78, 5) is 13.9. The number of carbonyl (C=O) groups is 1. The Labute approximate surface area is 144 Å². The number of amides is 1. The maximum Gasteiger partial charge on any atom is 0.260 e. The Morgan fingerprint density at radius 3 is 2.42 bits per heavy atom. The van der Waals surface area contributed by atoms with E-state index in [4.69, 9.17) is 4.74 Å². The Hall–Kier alpha value is -1.60. The summed E-state index contributed by atoms with van der Waals surface area (Å²) in [6.45, 7) is 3.24. The van der Waals surface area contributed by atoms with Crippen LogP contribution in [0.1, 0.15) is 31.7 Å². The van der Waals surface area contributed by atoms with Crippen molar-refractivity contribution in [2.24, 2.45) is 0 Å². The normalized spacial score (nSPS) is 16.2. The molecule has 2 rings (SSSR count). The van der Waals surface area contributed by atoms with Crippen LogP contribution in [0.4, 0.5) is 0 Å². The van der Waals surface area contributed by atoms with E-state index in [-0.39, 0.29) is 18.6 Å². The predicted molar refractivity (Wildman–Crippen MR) is 93.5 cm³/mol. The lowest BCUT2D eigenvalue weighted by Crippen LogP contribution is -2.47. The van der Waals surface area contributed by atoms with Crippen LogP contribution in [0.5, 0.6) is 5.75 Å². The van der Waals surface area contributed by atoms with E-state index >= 15 is 0 Å². The van der Waals surface area contributed by atoms with E-state index < -0.39 is 10.0 Å². The summed E-state index contributed by atoms with van der Waals surface area (Å²) in [6.07, 6.45) is 4.55. The molecule has 0 unspecified atom stereocenters. The minimum Gasteiger partial charge on any atom is -0.484 e. The summed E-state index contributed by atoms with van der Waals surface area (Å²) in [7, 11) is -3.19.